The zero-order chi connectivity index (χ0) is 11.4. The third-order valence-corrected chi connectivity index (χ3v) is 3.80. The summed E-state index contributed by atoms with van der Waals surface area (Å²) in [5.41, 5.74) is 6.86. The lowest BCUT2D eigenvalue weighted by Gasteiger charge is -2.09. The zero-order valence-corrected chi connectivity index (χ0v) is 10.4. The SMILES string of the molecule is C[C@@H](N)c1ccc(SCC2CCCO2)nc1. The number of ether oxygens (including phenoxy) is 1. The van der Waals surface area contributed by atoms with Crippen LogP contribution in [0.1, 0.15) is 31.4 Å². The van der Waals surface area contributed by atoms with Gasteiger partial charge in [-0.3, -0.25) is 0 Å². The largest absolute Gasteiger partial charge is 0.377 e. The van der Waals surface area contributed by atoms with Crippen LogP contribution in [0.3, 0.4) is 0 Å². The Hall–Kier alpha value is -0.580. The molecular formula is C12H18N2OS. The molecular weight excluding hydrogens is 220 g/mol. The van der Waals surface area contributed by atoms with Gasteiger partial charge in [-0.15, -0.1) is 11.8 Å². The number of nitrogens with two attached hydrogens (primary N) is 1. The van der Waals surface area contributed by atoms with Crippen molar-refractivity contribution in [2.45, 2.75) is 36.9 Å². The predicted molar refractivity (Wildman–Crippen MR) is 66.5 cm³/mol. The van der Waals surface area contributed by atoms with Gasteiger partial charge in [0.05, 0.1) is 11.1 Å². The molecule has 0 radical (unpaired) electrons. The van der Waals surface area contributed by atoms with Gasteiger partial charge in [-0.1, -0.05) is 6.07 Å². The minimum atomic E-state index is 0.0599. The first kappa shape index (κ1) is 11.9. The first-order chi connectivity index (χ1) is 7.75. The second kappa shape index (κ2) is 5.66. The molecule has 0 saturated carbocycles. The molecule has 1 unspecified atom stereocenters. The molecule has 1 aromatic rings. The van der Waals surface area contributed by atoms with E-state index in [-0.39, 0.29) is 6.04 Å². The highest BCUT2D eigenvalue weighted by molar-refractivity contribution is 7.99. The van der Waals surface area contributed by atoms with Crippen molar-refractivity contribution >= 4 is 11.8 Å². The van der Waals surface area contributed by atoms with E-state index in [0.717, 1.165) is 22.9 Å². The normalized spacial score (nSPS) is 22.2. The first-order valence-corrected chi connectivity index (χ1v) is 6.70. The average molecular weight is 238 g/mol. The van der Waals surface area contributed by atoms with Crippen molar-refractivity contribution in [2.24, 2.45) is 5.73 Å². The van der Waals surface area contributed by atoms with Gasteiger partial charge in [-0.25, -0.2) is 4.98 Å². The second-order valence-electron chi connectivity index (χ2n) is 4.16. The molecule has 1 fully saturated rings. The maximum Gasteiger partial charge on any atom is 0.0960 e. The molecule has 2 heterocycles. The van der Waals surface area contributed by atoms with Gasteiger partial charge in [0.15, 0.2) is 0 Å². The van der Waals surface area contributed by atoms with Crippen LogP contribution in [0.25, 0.3) is 0 Å². The van der Waals surface area contributed by atoms with E-state index < -0.39 is 0 Å². The molecule has 1 aliphatic rings. The van der Waals surface area contributed by atoms with Gasteiger partial charge in [0.2, 0.25) is 0 Å². The molecule has 3 nitrogen and oxygen atoms in total. The van der Waals surface area contributed by atoms with Crippen LogP contribution in [0.4, 0.5) is 0 Å². The maximum atomic E-state index is 5.77. The van der Waals surface area contributed by atoms with Crippen molar-refractivity contribution < 1.29 is 4.74 Å². The summed E-state index contributed by atoms with van der Waals surface area (Å²) in [5.74, 6) is 1.00. The van der Waals surface area contributed by atoms with Crippen LogP contribution in [0.5, 0.6) is 0 Å². The van der Waals surface area contributed by atoms with Crippen molar-refractivity contribution in [1.82, 2.24) is 4.98 Å². The van der Waals surface area contributed by atoms with E-state index >= 15 is 0 Å². The molecule has 0 aliphatic carbocycles. The van der Waals surface area contributed by atoms with E-state index in [0.29, 0.717) is 6.10 Å². The monoisotopic (exact) mass is 238 g/mol. The first-order valence-electron chi connectivity index (χ1n) is 5.71. The Morgan fingerprint density at radius 2 is 2.50 bits per heavy atom. The van der Waals surface area contributed by atoms with Gasteiger partial charge >= 0.3 is 0 Å². The van der Waals surface area contributed by atoms with Crippen molar-refractivity contribution in [1.29, 1.82) is 0 Å². The smallest absolute Gasteiger partial charge is 0.0960 e. The number of aromatic nitrogens is 1. The Bertz CT molecular complexity index is 320. The third kappa shape index (κ3) is 3.20. The number of hydrogen-bond donors (Lipinski definition) is 1. The average Bonchev–Trinajstić information content (AvgIpc) is 2.80. The molecule has 0 spiro atoms. The van der Waals surface area contributed by atoms with Crippen molar-refractivity contribution in [3.63, 3.8) is 0 Å². The van der Waals surface area contributed by atoms with Gasteiger partial charge in [0.1, 0.15) is 0 Å². The molecule has 4 heteroatoms. The lowest BCUT2D eigenvalue weighted by atomic mass is 10.2. The fourth-order valence-electron chi connectivity index (χ4n) is 1.70. The highest BCUT2D eigenvalue weighted by Crippen LogP contribution is 2.22. The van der Waals surface area contributed by atoms with E-state index in [9.17, 15) is 0 Å². The Morgan fingerprint density at radius 1 is 1.62 bits per heavy atom. The van der Waals surface area contributed by atoms with Crippen molar-refractivity contribution in [2.75, 3.05) is 12.4 Å². The summed E-state index contributed by atoms with van der Waals surface area (Å²) in [6, 6.07) is 4.15. The molecule has 16 heavy (non-hydrogen) atoms. The molecule has 1 saturated heterocycles. The lowest BCUT2D eigenvalue weighted by Crippen LogP contribution is -2.08. The van der Waals surface area contributed by atoms with Gasteiger partial charge in [-0.2, -0.15) is 0 Å². The number of hydrogen-bond acceptors (Lipinski definition) is 4. The molecule has 2 N–H and O–H groups in total. The fraction of sp³-hybridized carbons (Fsp3) is 0.583. The Balaban J connectivity index is 1.84. The molecule has 1 aliphatic heterocycles. The van der Waals surface area contributed by atoms with E-state index in [2.05, 4.69) is 11.1 Å². The Morgan fingerprint density at radius 3 is 3.06 bits per heavy atom. The second-order valence-corrected chi connectivity index (χ2v) is 5.20. The van der Waals surface area contributed by atoms with E-state index in [1.54, 1.807) is 11.8 Å². The van der Waals surface area contributed by atoms with Crippen LogP contribution in [-0.4, -0.2) is 23.4 Å². The summed E-state index contributed by atoms with van der Waals surface area (Å²) < 4.78 is 5.57. The van der Waals surface area contributed by atoms with Gasteiger partial charge in [-0.05, 0) is 31.4 Å². The Labute approximate surface area is 101 Å². The molecule has 0 bridgehead atoms. The number of thioether (sulfide) groups is 1. The van der Waals surface area contributed by atoms with Crippen LogP contribution < -0.4 is 5.73 Å². The van der Waals surface area contributed by atoms with E-state index in [1.165, 1.54) is 12.8 Å². The summed E-state index contributed by atoms with van der Waals surface area (Å²) in [6.45, 7) is 2.89. The standard InChI is InChI=1S/C12H18N2OS/c1-9(13)10-4-5-12(14-7-10)16-8-11-3-2-6-15-11/h4-5,7,9,11H,2-3,6,8,13H2,1H3/t9-,11?/m1/s1. The summed E-state index contributed by atoms with van der Waals surface area (Å²) in [5, 5.41) is 1.06. The summed E-state index contributed by atoms with van der Waals surface area (Å²) in [6.07, 6.45) is 4.66. The predicted octanol–water partition coefficient (Wildman–Crippen LogP) is 2.37. The van der Waals surface area contributed by atoms with Crippen LogP contribution in [-0.2, 0) is 4.74 Å². The van der Waals surface area contributed by atoms with Gasteiger partial charge < -0.3 is 10.5 Å². The summed E-state index contributed by atoms with van der Waals surface area (Å²) in [4.78, 5) is 4.39. The molecule has 0 amide bonds. The topological polar surface area (TPSA) is 48.1 Å². The molecule has 2 atom stereocenters. The van der Waals surface area contributed by atoms with E-state index in [4.69, 9.17) is 10.5 Å². The molecule has 2 rings (SSSR count). The Kier molecular flexibility index (Phi) is 4.21. The number of rotatable bonds is 4. The minimum Gasteiger partial charge on any atom is -0.377 e. The van der Waals surface area contributed by atoms with Crippen LogP contribution in [0.2, 0.25) is 0 Å². The highest BCUT2D eigenvalue weighted by atomic mass is 32.2. The summed E-state index contributed by atoms with van der Waals surface area (Å²) >= 11 is 1.76. The van der Waals surface area contributed by atoms with Gasteiger partial charge in [0.25, 0.3) is 0 Å². The molecule has 1 aromatic heterocycles. The van der Waals surface area contributed by atoms with E-state index in [1.807, 2.05) is 19.2 Å². The molecule has 0 aromatic carbocycles. The number of pyridine rings is 1. The zero-order valence-electron chi connectivity index (χ0n) is 9.56. The minimum absolute atomic E-state index is 0.0599. The molecule has 88 valence electrons. The lowest BCUT2D eigenvalue weighted by molar-refractivity contribution is 0.129. The van der Waals surface area contributed by atoms with Gasteiger partial charge in [0, 0.05) is 24.6 Å². The maximum absolute atomic E-state index is 5.77. The third-order valence-electron chi connectivity index (χ3n) is 2.73. The van der Waals surface area contributed by atoms with Crippen LogP contribution in [0.15, 0.2) is 23.4 Å². The van der Waals surface area contributed by atoms with Crippen molar-refractivity contribution in [3.8, 4) is 0 Å². The van der Waals surface area contributed by atoms with Crippen LogP contribution in [0, 0.1) is 0 Å². The van der Waals surface area contributed by atoms with Crippen molar-refractivity contribution in [3.05, 3.63) is 23.9 Å². The van der Waals surface area contributed by atoms with Crippen LogP contribution >= 0.6 is 11.8 Å². The quantitative estimate of drug-likeness (QED) is 0.818. The number of nitrogens with zero attached hydrogens (tertiary/aromatic N) is 1. The highest BCUT2D eigenvalue weighted by Gasteiger charge is 2.15. The fourth-order valence-corrected chi connectivity index (χ4v) is 2.61. The summed E-state index contributed by atoms with van der Waals surface area (Å²) in [7, 11) is 0.